The summed E-state index contributed by atoms with van der Waals surface area (Å²) in [6.45, 7) is 0.436. The van der Waals surface area contributed by atoms with E-state index in [0.29, 0.717) is 17.8 Å². The van der Waals surface area contributed by atoms with Crippen LogP contribution in [-0.4, -0.2) is 15.5 Å². The number of hydrogen-bond donors (Lipinski definition) is 2. The lowest BCUT2D eigenvalue weighted by Gasteiger charge is -2.12. The Morgan fingerprint density at radius 2 is 1.90 bits per heavy atom. The zero-order valence-corrected chi connectivity index (χ0v) is 12.3. The van der Waals surface area contributed by atoms with Gasteiger partial charge in [-0.25, -0.2) is 13.1 Å². The van der Waals surface area contributed by atoms with Crippen molar-refractivity contribution in [2.75, 3.05) is 12.4 Å². The lowest BCUT2D eigenvalue weighted by Crippen LogP contribution is -2.20. The van der Waals surface area contributed by atoms with Gasteiger partial charge in [-0.3, -0.25) is 0 Å². The van der Waals surface area contributed by atoms with Gasteiger partial charge in [0, 0.05) is 6.54 Å². The summed E-state index contributed by atoms with van der Waals surface area (Å²) < 4.78 is 26.2. The Morgan fingerprint density at radius 3 is 2.62 bits per heavy atom. The molecule has 2 aromatic rings. The summed E-state index contributed by atoms with van der Waals surface area (Å²) in [5.41, 5.74) is 2.00. The monoisotopic (exact) mass is 301 g/mol. The lowest BCUT2D eigenvalue weighted by molar-refractivity contribution is 0.588. The van der Waals surface area contributed by atoms with Crippen molar-refractivity contribution in [2.24, 2.45) is 0 Å². The molecule has 0 spiro atoms. The minimum atomic E-state index is -3.51. The number of rotatable bonds is 5. The molecule has 2 rings (SSSR count). The van der Waals surface area contributed by atoms with E-state index in [1.54, 1.807) is 42.5 Å². The first kappa shape index (κ1) is 15.0. The van der Waals surface area contributed by atoms with Crippen molar-refractivity contribution in [2.45, 2.75) is 11.4 Å². The molecule has 0 radical (unpaired) electrons. The molecule has 0 aliphatic carbocycles. The molecule has 0 atom stereocenters. The van der Waals surface area contributed by atoms with Gasteiger partial charge in [0.05, 0.1) is 17.3 Å². The minimum Gasteiger partial charge on any atom is -0.380 e. The molecule has 0 unspecified atom stereocenters. The molecule has 6 heteroatoms. The van der Waals surface area contributed by atoms with Crippen molar-refractivity contribution in [3.8, 4) is 6.07 Å². The highest BCUT2D eigenvalue weighted by molar-refractivity contribution is 7.89. The number of benzene rings is 2. The van der Waals surface area contributed by atoms with Crippen LogP contribution in [0.2, 0.25) is 0 Å². The first-order valence-corrected chi connectivity index (χ1v) is 7.80. The van der Waals surface area contributed by atoms with E-state index in [2.05, 4.69) is 16.1 Å². The molecule has 0 aliphatic rings. The zero-order valence-electron chi connectivity index (χ0n) is 11.5. The molecule has 21 heavy (non-hydrogen) atoms. The van der Waals surface area contributed by atoms with Crippen LogP contribution in [-0.2, 0) is 16.6 Å². The Bertz CT molecular complexity index is 780. The average Bonchev–Trinajstić information content (AvgIpc) is 2.53. The van der Waals surface area contributed by atoms with Crippen LogP contribution in [0.25, 0.3) is 0 Å². The van der Waals surface area contributed by atoms with Crippen molar-refractivity contribution in [3.05, 3.63) is 59.7 Å². The number of nitriles is 1. The van der Waals surface area contributed by atoms with Gasteiger partial charge in [-0.05, 0) is 36.9 Å². The van der Waals surface area contributed by atoms with Crippen LogP contribution < -0.4 is 10.0 Å². The third-order valence-corrected chi connectivity index (χ3v) is 4.46. The molecule has 0 heterocycles. The van der Waals surface area contributed by atoms with Crippen LogP contribution in [0.1, 0.15) is 11.1 Å². The lowest BCUT2D eigenvalue weighted by atomic mass is 10.1. The Morgan fingerprint density at radius 1 is 1.14 bits per heavy atom. The van der Waals surface area contributed by atoms with Gasteiger partial charge in [-0.15, -0.1) is 0 Å². The maximum Gasteiger partial charge on any atom is 0.242 e. The Labute approximate surface area is 124 Å². The van der Waals surface area contributed by atoms with Gasteiger partial charge in [-0.2, -0.15) is 5.26 Å². The molecule has 0 bridgehead atoms. The fourth-order valence-corrected chi connectivity index (χ4v) is 2.81. The molecule has 0 aliphatic heterocycles. The van der Waals surface area contributed by atoms with E-state index in [1.807, 2.05) is 6.07 Å². The number of nitrogens with zero attached hydrogens (tertiary/aromatic N) is 1. The van der Waals surface area contributed by atoms with Crippen molar-refractivity contribution in [1.29, 1.82) is 5.26 Å². The highest BCUT2D eigenvalue weighted by Gasteiger charge is 2.15. The Hall–Kier alpha value is -2.36. The second kappa shape index (κ2) is 6.39. The summed E-state index contributed by atoms with van der Waals surface area (Å²) in [5, 5.41) is 12.0. The zero-order chi connectivity index (χ0) is 15.3. The molecule has 108 valence electrons. The molecule has 0 amide bonds. The van der Waals surface area contributed by atoms with E-state index in [4.69, 9.17) is 5.26 Å². The number of hydrogen-bond acceptors (Lipinski definition) is 4. The summed E-state index contributed by atoms with van der Waals surface area (Å²) >= 11 is 0. The van der Waals surface area contributed by atoms with E-state index in [0.717, 1.165) is 5.56 Å². The van der Waals surface area contributed by atoms with Crippen LogP contribution in [0.5, 0.6) is 0 Å². The van der Waals surface area contributed by atoms with E-state index in [1.165, 1.54) is 7.05 Å². The number of nitrogens with one attached hydrogen (secondary N) is 2. The van der Waals surface area contributed by atoms with Crippen molar-refractivity contribution in [1.82, 2.24) is 4.72 Å². The molecular formula is C15H15N3O2S. The van der Waals surface area contributed by atoms with E-state index in [9.17, 15) is 8.42 Å². The second-order valence-corrected chi connectivity index (χ2v) is 6.22. The predicted octanol–water partition coefficient (Wildman–Crippen LogP) is 2.08. The predicted molar refractivity (Wildman–Crippen MR) is 81.2 cm³/mol. The standard InChI is InChI=1S/C15H15N3O2S/c1-17-21(19,20)15-8-3-2-7-14(15)18-11-13-6-4-5-12(9-13)10-16/h2-9,17-18H,11H2,1H3. The van der Waals surface area contributed by atoms with Gasteiger partial charge >= 0.3 is 0 Å². The maximum absolute atomic E-state index is 11.9. The van der Waals surface area contributed by atoms with Gasteiger partial charge in [0.1, 0.15) is 4.90 Å². The summed E-state index contributed by atoms with van der Waals surface area (Å²) in [7, 11) is -2.13. The Kier molecular flexibility index (Phi) is 4.58. The fraction of sp³-hybridized carbons (Fsp3) is 0.133. The van der Waals surface area contributed by atoms with Gasteiger partial charge in [0.2, 0.25) is 10.0 Å². The van der Waals surface area contributed by atoms with Gasteiger partial charge in [-0.1, -0.05) is 24.3 Å². The second-order valence-electron chi connectivity index (χ2n) is 4.37. The molecule has 0 fully saturated rings. The third kappa shape index (κ3) is 3.60. The topological polar surface area (TPSA) is 82.0 Å². The van der Waals surface area contributed by atoms with Crippen molar-refractivity contribution in [3.63, 3.8) is 0 Å². The molecule has 2 aromatic carbocycles. The normalized spacial score (nSPS) is 10.9. The molecule has 2 N–H and O–H groups in total. The SMILES string of the molecule is CNS(=O)(=O)c1ccccc1NCc1cccc(C#N)c1. The molecule has 0 saturated heterocycles. The van der Waals surface area contributed by atoms with Crippen LogP contribution in [0.15, 0.2) is 53.4 Å². The summed E-state index contributed by atoms with van der Waals surface area (Å²) in [5.74, 6) is 0. The van der Waals surface area contributed by atoms with Crippen LogP contribution in [0.4, 0.5) is 5.69 Å². The van der Waals surface area contributed by atoms with E-state index >= 15 is 0 Å². The van der Waals surface area contributed by atoms with Crippen LogP contribution >= 0.6 is 0 Å². The summed E-state index contributed by atoms with van der Waals surface area (Å²) in [6, 6.07) is 15.9. The molecule has 5 nitrogen and oxygen atoms in total. The van der Waals surface area contributed by atoms with Crippen LogP contribution in [0.3, 0.4) is 0 Å². The van der Waals surface area contributed by atoms with Gasteiger partial charge < -0.3 is 5.32 Å². The average molecular weight is 301 g/mol. The summed E-state index contributed by atoms with van der Waals surface area (Å²) in [4.78, 5) is 0.198. The largest absolute Gasteiger partial charge is 0.380 e. The number of anilines is 1. The third-order valence-electron chi connectivity index (χ3n) is 2.98. The van der Waals surface area contributed by atoms with E-state index < -0.39 is 10.0 Å². The highest BCUT2D eigenvalue weighted by atomic mass is 32.2. The highest BCUT2D eigenvalue weighted by Crippen LogP contribution is 2.21. The van der Waals surface area contributed by atoms with Gasteiger partial charge in [0.25, 0.3) is 0 Å². The quantitative estimate of drug-likeness (QED) is 0.886. The van der Waals surface area contributed by atoms with E-state index in [-0.39, 0.29) is 4.90 Å². The van der Waals surface area contributed by atoms with Crippen LogP contribution in [0, 0.1) is 11.3 Å². The number of sulfonamides is 1. The molecule has 0 saturated carbocycles. The fourth-order valence-electron chi connectivity index (χ4n) is 1.91. The first-order valence-electron chi connectivity index (χ1n) is 6.32. The molecular weight excluding hydrogens is 286 g/mol. The molecule has 0 aromatic heterocycles. The van der Waals surface area contributed by atoms with Crippen molar-refractivity contribution < 1.29 is 8.42 Å². The smallest absolute Gasteiger partial charge is 0.242 e. The maximum atomic E-state index is 11.9. The Balaban J connectivity index is 2.23. The minimum absolute atomic E-state index is 0.198. The first-order chi connectivity index (χ1) is 10.1. The van der Waals surface area contributed by atoms with Crippen molar-refractivity contribution >= 4 is 15.7 Å². The van der Waals surface area contributed by atoms with Gasteiger partial charge in [0.15, 0.2) is 0 Å². The summed E-state index contributed by atoms with van der Waals surface area (Å²) in [6.07, 6.45) is 0. The number of para-hydroxylation sites is 1.